The van der Waals surface area contributed by atoms with Crippen molar-refractivity contribution in [2.45, 2.75) is 19.6 Å². The van der Waals surface area contributed by atoms with Crippen molar-refractivity contribution in [1.29, 1.82) is 0 Å². The zero-order valence-corrected chi connectivity index (χ0v) is 18.8. The van der Waals surface area contributed by atoms with Crippen molar-refractivity contribution in [1.82, 2.24) is 20.0 Å². The van der Waals surface area contributed by atoms with Gasteiger partial charge in [-0.3, -0.25) is 4.57 Å². The zero-order valence-electron chi connectivity index (χ0n) is 17.9. The van der Waals surface area contributed by atoms with Crippen LogP contribution in [0.15, 0.2) is 48.5 Å². The number of aromatic nitrogens is 4. The lowest BCUT2D eigenvalue weighted by molar-refractivity contribution is 0.214. The molecule has 0 aliphatic rings. The number of hydrogen-bond acceptors (Lipinski definition) is 8. The average Bonchev–Trinajstić information content (AvgIpc) is 3.28. The van der Waals surface area contributed by atoms with E-state index in [9.17, 15) is 8.96 Å². The molecule has 11 heteroatoms. The number of methoxy groups -OCH3 is 1. The number of fused-ring (bicyclic) bond motifs is 3. The van der Waals surface area contributed by atoms with E-state index < -0.39 is 13.4 Å². The Bertz CT molecular complexity index is 1270. The number of rotatable bonds is 9. The molecule has 32 heavy (non-hydrogen) atoms. The van der Waals surface area contributed by atoms with Crippen LogP contribution in [0.3, 0.4) is 0 Å². The van der Waals surface area contributed by atoms with Crippen molar-refractivity contribution in [3.63, 3.8) is 0 Å². The van der Waals surface area contributed by atoms with Gasteiger partial charge in [0.15, 0.2) is 11.4 Å². The maximum absolute atomic E-state index is 13.9. The van der Waals surface area contributed by atoms with Gasteiger partial charge in [-0.05, 0) is 60.7 Å². The molecule has 4 rings (SSSR count). The molecule has 2 aromatic carbocycles. The van der Waals surface area contributed by atoms with Gasteiger partial charge in [0.2, 0.25) is 0 Å². The minimum absolute atomic E-state index is 0.168. The topological polar surface area (TPSA) is 99.9 Å². The van der Waals surface area contributed by atoms with Gasteiger partial charge in [0.25, 0.3) is 0 Å². The van der Waals surface area contributed by atoms with Gasteiger partial charge in [0.1, 0.15) is 17.1 Å². The summed E-state index contributed by atoms with van der Waals surface area (Å²) in [5.41, 5.74) is 2.07. The second-order valence-electron chi connectivity index (χ2n) is 6.84. The molecule has 1 N–H and O–H groups in total. The van der Waals surface area contributed by atoms with Crippen LogP contribution in [0.5, 0.6) is 5.75 Å². The van der Waals surface area contributed by atoms with Crippen LogP contribution in [-0.4, -0.2) is 40.4 Å². The molecule has 2 heterocycles. The summed E-state index contributed by atoms with van der Waals surface area (Å²) in [6.45, 7) is 3.81. The number of anilines is 1. The highest BCUT2D eigenvalue weighted by Crippen LogP contribution is 2.61. The van der Waals surface area contributed by atoms with E-state index in [4.69, 9.17) is 13.8 Å². The minimum Gasteiger partial charge on any atom is -0.494 e. The van der Waals surface area contributed by atoms with Crippen molar-refractivity contribution in [2.24, 2.45) is 0 Å². The lowest BCUT2D eigenvalue weighted by Crippen LogP contribution is -2.17. The molecule has 9 nitrogen and oxygen atoms in total. The molecular formula is C21H23FN5O4P. The zero-order chi connectivity index (χ0) is 22.7. The third-order valence-electron chi connectivity index (χ3n) is 4.88. The van der Waals surface area contributed by atoms with E-state index in [2.05, 4.69) is 20.8 Å². The Labute approximate surface area is 184 Å². The highest BCUT2D eigenvalue weighted by atomic mass is 31.2. The van der Waals surface area contributed by atoms with Gasteiger partial charge in [0, 0.05) is 16.6 Å². The summed E-state index contributed by atoms with van der Waals surface area (Å²) >= 11 is 0. The smallest absolute Gasteiger partial charge is 0.357 e. The maximum atomic E-state index is 13.9. The highest BCUT2D eigenvalue weighted by molar-refractivity contribution is 7.54. The first-order valence-electron chi connectivity index (χ1n) is 10.1. The molecule has 2 aromatic heterocycles. The molecule has 1 unspecified atom stereocenters. The molecule has 1 atom stereocenters. The molecule has 4 aromatic rings. The quantitative estimate of drug-likeness (QED) is 0.356. The van der Waals surface area contributed by atoms with Crippen LogP contribution in [0, 0.1) is 5.82 Å². The van der Waals surface area contributed by atoms with E-state index in [0.717, 1.165) is 5.39 Å². The fourth-order valence-electron chi connectivity index (χ4n) is 3.58. The fraction of sp³-hybridized carbons (Fsp3) is 0.286. The first-order chi connectivity index (χ1) is 15.5. The number of nitrogens with one attached hydrogen (secondary N) is 1. The summed E-state index contributed by atoms with van der Waals surface area (Å²) in [7, 11) is -2.18. The first-order valence-corrected chi connectivity index (χ1v) is 11.7. The van der Waals surface area contributed by atoms with Crippen LogP contribution in [0.25, 0.3) is 16.6 Å². The molecule has 0 bridgehead atoms. The highest BCUT2D eigenvalue weighted by Gasteiger charge is 2.39. The van der Waals surface area contributed by atoms with Crippen LogP contribution in [0.4, 0.5) is 10.1 Å². The molecular weight excluding hydrogens is 436 g/mol. The van der Waals surface area contributed by atoms with Crippen molar-refractivity contribution in [3.05, 3.63) is 59.9 Å². The van der Waals surface area contributed by atoms with Crippen molar-refractivity contribution < 1.29 is 22.7 Å². The molecule has 0 aliphatic heterocycles. The second kappa shape index (κ2) is 9.20. The Hall–Kier alpha value is -3.07. The van der Waals surface area contributed by atoms with Crippen LogP contribution in [0.2, 0.25) is 0 Å². The van der Waals surface area contributed by atoms with E-state index in [-0.39, 0.29) is 19.0 Å². The lowest BCUT2D eigenvalue weighted by atomic mass is 10.1. The number of tetrazole rings is 1. The van der Waals surface area contributed by atoms with E-state index in [1.54, 1.807) is 33.1 Å². The number of benzene rings is 2. The van der Waals surface area contributed by atoms with E-state index in [1.807, 2.05) is 24.3 Å². The van der Waals surface area contributed by atoms with Gasteiger partial charge in [-0.2, -0.15) is 4.52 Å². The summed E-state index contributed by atoms with van der Waals surface area (Å²) in [5, 5.41) is 16.1. The van der Waals surface area contributed by atoms with E-state index in [0.29, 0.717) is 28.2 Å². The molecule has 0 saturated heterocycles. The van der Waals surface area contributed by atoms with Crippen LogP contribution in [-0.2, 0) is 13.6 Å². The van der Waals surface area contributed by atoms with Crippen molar-refractivity contribution in [3.8, 4) is 5.75 Å². The van der Waals surface area contributed by atoms with Gasteiger partial charge < -0.3 is 19.1 Å². The molecule has 0 amide bonds. The molecule has 0 aliphatic carbocycles. The number of nitrogens with zero attached hydrogens (tertiary/aromatic N) is 4. The van der Waals surface area contributed by atoms with E-state index in [1.165, 1.54) is 16.6 Å². The summed E-state index contributed by atoms with van der Waals surface area (Å²) < 4.78 is 45.7. The number of para-hydroxylation sites is 1. The maximum Gasteiger partial charge on any atom is 0.357 e. The van der Waals surface area contributed by atoms with Gasteiger partial charge >= 0.3 is 7.60 Å². The van der Waals surface area contributed by atoms with Crippen molar-refractivity contribution >= 4 is 29.8 Å². The number of ether oxygens (including phenoxy) is 1. The summed E-state index contributed by atoms with van der Waals surface area (Å²) in [6.07, 6.45) is 0. The molecule has 168 valence electrons. The molecule has 0 radical (unpaired) electrons. The van der Waals surface area contributed by atoms with E-state index >= 15 is 0 Å². The molecule has 0 spiro atoms. The Morgan fingerprint density at radius 3 is 2.50 bits per heavy atom. The summed E-state index contributed by atoms with van der Waals surface area (Å²) in [4.78, 5) is 0. The van der Waals surface area contributed by atoms with Crippen LogP contribution >= 0.6 is 7.60 Å². The number of pyridine rings is 1. The van der Waals surface area contributed by atoms with Gasteiger partial charge in [-0.15, -0.1) is 5.10 Å². The third-order valence-corrected chi connectivity index (χ3v) is 7.15. The second-order valence-corrected chi connectivity index (χ2v) is 8.95. The SMILES string of the molecule is CCOP(=O)(OCC)C(Nc1ccc(F)cc1)c1cc2cccc(OC)c2n2nnnc12. The minimum atomic E-state index is -3.75. The predicted molar refractivity (Wildman–Crippen MR) is 118 cm³/mol. The largest absolute Gasteiger partial charge is 0.494 e. The van der Waals surface area contributed by atoms with Crippen LogP contribution < -0.4 is 10.1 Å². The molecule has 0 fully saturated rings. The van der Waals surface area contributed by atoms with Gasteiger partial charge in [-0.25, -0.2) is 4.39 Å². The van der Waals surface area contributed by atoms with Crippen LogP contribution in [0.1, 0.15) is 25.2 Å². The Morgan fingerprint density at radius 1 is 1.12 bits per heavy atom. The lowest BCUT2D eigenvalue weighted by Gasteiger charge is -2.28. The Balaban J connectivity index is 1.96. The van der Waals surface area contributed by atoms with Gasteiger partial charge in [-0.1, -0.05) is 12.1 Å². The Morgan fingerprint density at radius 2 is 1.84 bits per heavy atom. The predicted octanol–water partition coefficient (Wildman–Crippen LogP) is 4.80. The first kappa shape index (κ1) is 22.1. The number of hydrogen-bond donors (Lipinski definition) is 1. The van der Waals surface area contributed by atoms with Gasteiger partial charge in [0.05, 0.1) is 20.3 Å². The monoisotopic (exact) mass is 459 g/mol. The average molecular weight is 459 g/mol. The molecule has 0 saturated carbocycles. The normalized spacial score (nSPS) is 12.9. The summed E-state index contributed by atoms with van der Waals surface area (Å²) in [6, 6.07) is 13.1. The standard InChI is InChI=1S/C21H23FN5O4P/c1-4-30-32(28,31-5-2)21(23-16-11-9-15(22)10-12-16)17-13-14-7-6-8-18(29-3)19(14)27-20(17)24-25-26-27/h6-13,21,23H,4-5H2,1-3H3. The Kier molecular flexibility index (Phi) is 6.36. The van der Waals surface area contributed by atoms with Crippen molar-refractivity contribution in [2.75, 3.05) is 25.6 Å². The fourth-order valence-corrected chi connectivity index (χ4v) is 5.51. The third kappa shape index (κ3) is 4.04. The number of halogens is 1. The summed E-state index contributed by atoms with van der Waals surface area (Å²) in [5.74, 6) is -0.754.